The number of hydrogen-bond acceptors (Lipinski definition) is 4. The smallest absolute Gasteiger partial charge is 0.303 e. The molecule has 0 aliphatic carbocycles. The lowest BCUT2D eigenvalue weighted by molar-refractivity contribution is -0.137. The first-order valence-corrected chi connectivity index (χ1v) is 9.59. The van der Waals surface area contributed by atoms with E-state index in [1.165, 1.54) is 10.1 Å². The number of rotatable bonds is 8. The Morgan fingerprint density at radius 1 is 1.23 bits per heavy atom. The Bertz CT molecular complexity index is 832. The van der Waals surface area contributed by atoms with Crippen molar-refractivity contribution >= 4 is 39.2 Å². The SMILES string of the molecule is O=C(O)CCC1(CCC(=O)NCc2ccc3sccc3c2)CCC(=O)N1. The fourth-order valence-electron chi connectivity index (χ4n) is 3.39. The second-order valence-corrected chi connectivity index (χ2v) is 7.74. The van der Waals surface area contributed by atoms with Crippen molar-refractivity contribution in [3.8, 4) is 0 Å². The van der Waals surface area contributed by atoms with Crippen LogP contribution in [0, 0.1) is 0 Å². The fourth-order valence-corrected chi connectivity index (χ4v) is 4.16. The quantitative estimate of drug-likeness (QED) is 0.662. The predicted octanol–water partition coefficient (Wildman–Crippen LogP) is 2.81. The molecule has 1 aromatic carbocycles. The number of benzene rings is 1. The van der Waals surface area contributed by atoms with E-state index in [0.717, 1.165) is 5.56 Å². The van der Waals surface area contributed by atoms with Crippen molar-refractivity contribution in [2.45, 2.75) is 50.6 Å². The van der Waals surface area contributed by atoms with E-state index < -0.39 is 11.5 Å². The third-order valence-corrected chi connectivity index (χ3v) is 5.79. The van der Waals surface area contributed by atoms with Crippen LogP contribution in [-0.2, 0) is 20.9 Å². The van der Waals surface area contributed by atoms with Gasteiger partial charge in [-0.1, -0.05) is 6.07 Å². The third-order valence-electron chi connectivity index (χ3n) is 4.89. The summed E-state index contributed by atoms with van der Waals surface area (Å²) < 4.78 is 1.22. The van der Waals surface area contributed by atoms with E-state index in [-0.39, 0.29) is 24.7 Å². The predicted molar refractivity (Wildman–Crippen MR) is 99.9 cm³/mol. The Labute approximate surface area is 155 Å². The topological polar surface area (TPSA) is 95.5 Å². The number of amides is 2. The van der Waals surface area contributed by atoms with Crippen molar-refractivity contribution in [1.29, 1.82) is 0 Å². The Balaban J connectivity index is 1.51. The molecule has 1 fully saturated rings. The molecule has 1 aliphatic rings. The second-order valence-electron chi connectivity index (χ2n) is 6.79. The highest BCUT2D eigenvalue weighted by molar-refractivity contribution is 7.17. The van der Waals surface area contributed by atoms with Crippen LogP contribution < -0.4 is 10.6 Å². The lowest BCUT2D eigenvalue weighted by atomic mass is 9.86. The van der Waals surface area contributed by atoms with Gasteiger partial charge in [0, 0.05) is 36.0 Å². The number of carboxylic acid groups (broad SMARTS) is 1. The van der Waals surface area contributed by atoms with Crippen LogP contribution in [0.25, 0.3) is 10.1 Å². The minimum Gasteiger partial charge on any atom is -0.481 e. The number of hydrogen-bond donors (Lipinski definition) is 3. The number of nitrogens with one attached hydrogen (secondary N) is 2. The number of carboxylic acids is 1. The first-order valence-electron chi connectivity index (χ1n) is 8.71. The van der Waals surface area contributed by atoms with Gasteiger partial charge in [-0.2, -0.15) is 0 Å². The molecule has 6 nitrogen and oxygen atoms in total. The molecule has 2 heterocycles. The molecule has 3 rings (SSSR count). The van der Waals surface area contributed by atoms with Crippen LogP contribution in [-0.4, -0.2) is 28.4 Å². The van der Waals surface area contributed by atoms with Gasteiger partial charge < -0.3 is 15.7 Å². The van der Waals surface area contributed by atoms with Crippen LogP contribution in [0.4, 0.5) is 0 Å². The van der Waals surface area contributed by atoms with Crippen molar-refractivity contribution in [3.63, 3.8) is 0 Å². The summed E-state index contributed by atoms with van der Waals surface area (Å²) in [6.07, 6.45) is 2.05. The summed E-state index contributed by atoms with van der Waals surface area (Å²) in [7, 11) is 0. The molecule has 1 saturated heterocycles. The molecule has 0 spiro atoms. The van der Waals surface area contributed by atoms with Gasteiger partial charge in [-0.15, -0.1) is 11.3 Å². The number of fused-ring (bicyclic) bond motifs is 1. The van der Waals surface area contributed by atoms with E-state index in [1.807, 2.05) is 11.4 Å². The van der Waals surface area contributed by atoms with E-state index in [0.29, 0.717) is 32.2 Å². The summed E-state index contributed by atoms with van der Waals surface area (Å²) in [6.45, 7) is 0.457. The number of aliphatic carboxylic acids is 1. The monoisotopic (exact) mass is 374 g/mol. The van der Waals surface area contributed by atoms with Crippen molar-refractivity contribution in [3.05, 3.63) is 35.2 Å². The average molecular weight is 374 g/mol. The van der Waals surface area contributed by atoms with Crippen molar-refractivity contribution in [2.24, 2.45) is 0 Å². The van der Waals surface area contributed by atoms with Crippen molar-refractivity contribution < 1.29 is 19.5 Å². The van der Waals surface area contributed by atoms with E-state index in [9.17, 15) is 14.4 Å². The fraction of sp³-hybridized carbons (Fsp3) is 0.421. The molecule has 138 valence electrons. The molecule has 1 aromatic heterocycles. The molecule has 0 bridgehead atoms. The van der Waals surface area contributed by atoms with Crippen molar-refractivity contribution in [2.75, 3.05) is 0 Å². The van der Waals surface area contributed by atoms with Crippen LogP contribution in [0.1, 0.15) is 44.1 Å². The zero-order valence-electron chi connectivity index (χ0n) is 14.4. The highest BCUT2D eigenvalue weighted by Gasteiger charge is 2.37. The zero-order valence-corrected chi connectivity index (χ0v) is 15.2. The van der Waals surface area contributed by atoms with Gasteiger partial charge in [-0.25, -0.2) is 0 Å². The van der Waals surface area contributed by atoms with Gasteiger partial charge in [0.25, 0.3) is 0 Å². The van der Waals surface area contributed by atoms with E-state index in [4.69, 9.17) is 5.11 Å². The maximum atomic E-state index is 12.2. The Morgan fingerprint density at radius 2 is 2.04 bits per heavy atom. The van der Waals surface area contributed by atoms with E-state index in [2.05, 4.69) is 28.8 Å². The van der Waals surface area contributed by atoms with Crippen LogP contribution in [0.3, 0.4) is 0 Å². The molecule has 2 amide bonds. The van der Waals surface area contributed by atoms with E-state index >= 15 is 0 Å². The molecule has 0 saturated carbocycles. The molecule has 3 N–H and O–H groups in total. The zero-order chi connectivity index (χ0) is 18.6. The highest BCUT2D eigenvalue weighted by atomic mass is 32.1. The molecular formula is C19H22N2O4S. The summed E-state index contributed by atoms with van der Waals surface area (Å²) >= 11 is 1.69. The number of thiophene rings is 1. The minimum atomic E-state index is -0.890. The Hall–Kier alpha value is -2.41. The maximum absolute atomic E-state index is 12.2. The molecule has 1 atom stereocenters. The standard InChI is InChI=1S/C19H22N2O4S/c22-16(20-12-13-1-2-15-14(11-13)6-10-26-15)3-7-19(9-5-18(24)25)8-4-17(23)21-19/h1-2,6,10-11H,3-5,7-9,12H2,(H,20,22)(H,21,23)(H,24,25). The first-order chi connectivity index (χ1) is 12.5. The third kappa shape index (κ3) is 4.60. The summed E-state index contributed by atoms with van der Waals surface area (Å²) in [5.74, 6) is -1.05. The molecular weight excluding hydrogens is 352 g/mol. The van der Waals surface area contributed by atoms with Gasteiger partial charge >= 0.3 is 5.97 Å². The molecule has 7 heteroatoms. The van der Waals surface area contributed by atoms with Gasteiger partial charge in [0.1, 0.15) is 0 Å². The van der Waals surface area contributed by atoms with E-state index in [1.54, 1.807) is 11.3 Å². The molecule has 26 heavy (non-hydrogen) atoms. The van der Waals surface area contributed by atoms with Gasteiger partial charge in [0.2, 0.25) is 11.8 Å². The minimum absolute atomic E-state index is 0.0114. The molecule has 0 radical (unpaired) electrons. The summed E-state index contributed by atoms with van der Waals surface area (Å²) in [5, 5.41) is 17.9. The van der Waals surface area contributed by atoms with Crippen LogP contribution >= 0.6 is 11.3 Å². The van der Waals surface area contributed by atoms with Crippen LogP contribution in [0.5, 0.6) is 0 Å². The number of carbonyl (C=O) groups is 3. The lowest BCUT2D eigenvalue weighted by Crippen LogP contribution is -2.43. The maximum Gasteiger partial charge on any atom is 0.303 e. The first kappa shape index (κ1) is 18.4. The second kappa shape index (κ2) is 7.86. The number of carbonyl (C=O) groups excluding carboxylic acids is 2. The summed E-state index contributed by atoms with van der Waals surface area (Å²) in [5.41, 5.74) is 0.474. The highest BCUT2D eigenvalue weighted by Crippen LogP contribution is 2.30. The molecule has 1 unspecified atom stereocenters. The summed E-state index contributed by atoms with van der Waals surface area (Å²) in [4.78, 5) is 34.7. The van der Waals surface area contributed by atoms with Gasteiger partial charge in [0.15, 0.2) is 0 Å². The van der Waals surface area contributed by atoms with Gasteiger partial charge in [0.05, 0.1) is 0 Å². The largest absolute Gasteiger partial charge is 0.481 e. The summed E-state index contributed by atoms with van der Waals surface area (Å²) in [6, 6.07) is 8.18. The van der Waals surface area contributed by atoms with Crippen molar-refractivity contribution in [1.82, 2.24) is 10.6 Å². The normalized spacial score (nSPS) is 19.5. The molecule has 1 aliphatic heterocycles. The van der Waals surface area contributed by atoms with Gasteiger partial charge in [-0.05, 0) is 53.8 Å². The Morgan fingerprint density at radius 3 is 2.77 bits per heavy atom. The lowest BCUT2D eigenvalue weighted by Gasteiger charge is -2.28. The Kier molecular flexibility index (Phi) is 5.56. The van der Waals surface area contributed by atoms with Crippen LogP contribution in [0.2, 0.25) is 0 Å². The average Bonchev–Trinajstić information content (AvgIpc) is 3.23. The van der Waals surface area contributed by atoms with Crippen LogP contribution in [0.15, 0.2) is 29.6 Å². The van der Waals surface area contributed by atoms with Gasteiger partial charge in [-0.3, -0.25) is 14.4 Å². The molecule has 2 aromatic rings.